The van der Waals surface area contributed by atoms with Gasteiger partial charge in [-0.15, -0.1) is 0 Å². The van der Waals surface area contributed by atoms with Gasteiger partial charge in [-0.2, -0.15) is 0 Å². The standard InChI is InChI=1S/C20H24O5/c1-13(2)25-17-8-6-5-7-15(17)11-16(20(21)22)14-9-10-18(23-3)19(12-14)24-4/h5-10,12-13,16H,11H2,1-4H3,(H,21,22). The molecule has 0 aliphatic heterocycles. The number of methoxy groups -OCH3 is 2. The van der Waals surface area contributed by atoms with Crippen LogP contribution < -0.4 is 14.2 Å². The van der Waals surface area contributed by atoms with Crippen LogP contribution in [0.3, 0.4) is 0 Å². The SMILES string of the molecule is COc1ccc(C(Cc2ccccc2OC(C)C)C(=O)O)cc1OC. The predicted molar refractivity (Wildman–Crippen MR) is 95.8 cm³/mol. The van der Waals surface area contributed by atoms with Gasteiger partial charge in [-0.3, -0.25) is 4.79 Å². The van der Waals surface area contributed by atoms with Gasteiger partial charge in [0, 0.05) is 0 Å². The molecule has 5 heteroatoms. The van der Waals surface area contributed by atoms with Crippen LogP contribution in [0.4, 0.5) is 0 Å². The number of hydrogen-bond donors (Lipinski definition) is 1. The third kappa shape index (κ3) is 4.66. The topological polar surface area (TPSA) is 65.0 Å². The lowest BCUT2D eigenvalue weighted by molar-refractivity contribution is -0.138. The monoisotopic (exact) mass is 344 g/mol. The molecule has 0 heterocycles. The summed E-state index contributed by atoms with van der Waals surface area (Å²) in [6.07, 6.45) is 0.346. The lowest BCUT2D eigenvalue weighted by Gasteiger charge is -2.18. The molecule has 0 amide bonds. The first kappa shape index (κ1) is 18.6. The number of ether oxygens (including phenoxy) is 3. The minimum absolute atomic E-state index is 0.0190. The van der Waals surface area contributed by atoms with E-state index in [9.17, 15) is 9.90 Å². The third-order valence-electron chi connectivity index (χ3n) is 3.87. The van der Waals surface area contributed by atoms with E-state index in [1.165, 1.54) is 7.11 Å². The molecule has 1 N–H and O–H groups in total. The van der Waals surface area contributed by atoms with Crippen LogP contribution in [0.25, 0.3) is 0 Å². The molecule has 5 nitrogen and oxygen atoms in total. The normalized spacial score (nSPS) is 11.9. The van der Waals surface area contributed by atoms with Crippen molar-refractivity contribution < 1.29 is 24.1 Å². The number of para-hydroxylation sites is 1. The van der Waals surface area contributed by atoms with Crippen molar-refractivity contribution in [3.05, 3.63) is 53.6 Å². The highest BCUT2D eigenvalue weighted by Gasteiger charge is 2.23. The maximum Gasteiger partial charge on any atom is 0.311 e. The molecule has 2 rings (SSSR count). The largest absolute Gasteiger partial charge is 0.493 e. The first-order valence-electron chi connectivity index (χ1n) is 8.15. The molecule has 2 aromatic carbocycles. The van der Waals surface area contributed by atoms with Crippen molar-refractivity contribution in [2.75, 3.05) is 14.2 Å². The summed E-state index contributed by atoms with van der Waals surface area (Å²) in [7, 11) is 3.08. The smallest absolute Gasteiger partial charge is 0.311 e. The van der Waals surface area contributed by atoms with E-state index in [1.54, 1.807) is 25.3 Å². The fraction of sp³-hybridized carbons (Fsp3) is 0.350. The van der Waals surface area contributed by atoms with Crippen molar-refractivity contribution >= 4 is 5.97 Å². The lowest BCUT2D eigenvalue weighted by atomic mass is 9.91. The Balaban J connectivity index is 2.36. The van der Waals surface area contributed by atoms with E-state index in [-0.39, 0.29) is 6.10 Å². The van der Waals surface area contributed by atoms with Crippen LogP contribution in [0.15, 0.2) is 42.5 Å². The van der Waals surface area contributed by atoms with Crippen LogP contribution in [0, 0.1) is 0 Å². The van der Waals surface area contributed by atoms with Crippen LogP contribution in [-0.2, 0) is 11.2 Å². The molecule has 0 spiro atoms. The maximum absolute atomic E-state index is 11.9. The number of carboxylic acid groups (broad SMARTS) is 1. The van der Waals surface area contributed by atoms with Gasteiger partial charge in [-0.05, 0) is 49.6 Å². The summed E-state index contributed by atoms with van der Waals surface area (Å²) in [4.78, 5) is 11.9. The summed E-state index contributed by atoms with van der Waals surface area (Å²) >= 11 is 0. The summed E-state index contributed by atoms with van der Waals surface area (Å²) in [6.45, 7) is 3.89. The van der Waals surface area contributed by atoms with Crippen LogP contribution >= 0.6 is 0 Å². The van der Waals surface area contributed by atoms with Crippen LogP contribution in [0.2, 0.25) is 0 Å². The zero-order valence-electron chi connectivity index (χ0n) is 15.0. The second kappa shape index (κ2) is 8.42. The Morgan fingerprint density at radius 1 is 1.00 bits per heavy atom. The Bertz CT molecular complexity index is 724. The van der Waals surface area contributed by atoms with Gasteiger partial charge in [0.1, 0.15) is 5.75 Å². The highest BCUT2D eigenvalue weighted by molar-refractivity contribution is 5.77. The number of hydrogen-bond acceptors (Lipinski definition) is 4. The number of carbonyl (C=O) groups is 1. The number of rotatable bonds is 8. The van der Waals surface area contributed by atoms with Gasteiger partial charge >= 0.3 is 5.97 Å². The van der Waals surface area contributed by atoms with Gasteiger partial charge in [-0.1, -0.05) is 24.3 Å². The summed E-state index contributed by atoms with van der Waals surface area (Å²) in [5.74, 6) is 0.185. The van der Waals surface area contributed by atoms with Gasteiger partial charge in [-0.25, -0.2) is 0 Å². The molecule has 0 aromatic heterocycles. The average molecular weight is 344 g/mol. The second-order valence-electron chi connectivity index (χ2n) is 5.98. The molecule has 0 radical (unpaired) electrons. The Morgan fingerprint density at radius 2 is 1.68 bits per heavy atom. The van der Waals surface area contributed by atoms with Crippen LogP contribution in [0.1, 0.15) is 30.9 Å². The zero-order valence-corrected chi connectivity index (χ0v) is 15.0. The predicted octanol–water partition coefficient (Wildman–Crippen LogP) is 3.90. The molecular weight excluding hydrogens is 320 g/mol. The van der Waals surface area contributed by atoms with Gasteiger partial charge < -0.3 is 19.3 Å². The minimum Gasteiger partial charge on any atom is -0.493 e. The Hall–Kier alpha value is -2.69. The number of benzene rings is 2. The van der Waals surface area contributed by atoms with E-state index in [4.69, 9.17) is 14.2 Å². The molecule has 134 valence electrons. The van der Waals surface area contributed by atoms with Crippen molar-refractivity contribution in [3.8, 4) is 17.2 Å². The van der Waals surface area contributed by atoms with Crippen molar-refractivity contribution in [2.24, 2.45) is 0 Å². The summed E-state index contributed by atoms with van der Waals surface area (Å²) in [5.41, 5.74) is 1.52. The molecule has 0 aliphatic rings. The van der Waals surface area contributed by atoms with Crippen molar-refractivity contribution in [3.63, 3.8) is 0 Å². The molecule has 2 aromatic rings. The van der Waals surface area contributed by atoms with E-state index in [0.29, 0.717) is 29.2 Å². The van der Waals surface area contributed by atoms with Gasteiger partial charge in [0.05, 0.1) is 26.2 Å². The molecule has 25 heavy (non-hydrogen) atoms. The first-order valence-corrected chi connectivity index (χ1v) is 8.15. The summed E-state index contributed by atoms with van der Waals surface area (Å²) in [5, 5.41) is 9.74. The van der Waals surface area contributed by atoms with Crippen LogP contribution in [0.5, 0.6) is 17.2 Å². The van der Waals surface area contributed by atoms with E-state index < -0.39 is 11.9 Å². The number of aliphatic carboxylic acids is 1. The third-order valence-corrected chi connectivity index (χ3v) is 3.87. The average Bonchev–Trinajstić information content (AvgIpc) is 2.59. The van der Waals surface area contributed by atoms with Crippen molar-refractivity contribution in [1.29, 1.82) is 0 Å². The van der Waals surface area contributed by atoms with E-state index in [0.717, 1.165) is 5.56 Å². The van der Waals surface area contributed by atoms with E-state index in [2.05, 4.69) is 0 Å². The summed E-state index contributed by atoms with van der Waals surface area (Å²) in [6, 6.07) is 12.7. The Morgan fingerprint density at radius 3 is 2.28 bits per heavy atom. The highest BCUT2D eigenvalue weighted by atomic mass is 16.5. The summed E-state index contributed by atoms with van der Waals surface area (Å²) < 4.78 is 16.3. The second-order valence-corrected chi connectivity index (χ2v) is 5.98. The highest BCUT2D eigenvalue weighted by Crippen LogP contribution is 2.33. The zero-order chi connectivity index (χ0) is 18.4. The van der Waals surface area contributed by atoms with Crippen molar-refractivity contribution in [2.45, 2.75) is 32.3 Å². The molecule has 0 bridgehead atoms. The first-order chi connectivity index (χ1) is 12.0. The van der Waals surface area contributed by atoms with Crippen LogP contribution in [-0.4, -0.2) is 31.4 Å². The molecular formula is C20H24O5. The van der Waals surface area contributed by atoms with E-state index in [1.807, 2.05) is 38.1 Å². The molecule has 0 saturated heterocycles. The Labute approximate surface area is 148 Å². The molecule has 1 atom stereocenters. The lowest BCUT2D eigenvalue weighted by Crippen LogP contribution is -2.16. The van der Waals surface area contributed by atoms with Gasteiger partial charge in [0.25, 0.3) is 0 Å². The molecule has 0 fully saturated rings. The van der Waals surface area contributed by atoms with Gasteiger partial charge in [0.2, 0.25) is 0 Å². The van der Waals surface area contributed by atoms with E-state index >= 15 is 0 Å². The van der Waals surface area contributed by atoms with Crippen molar-refractivity contribution in [1.82, 2.24) is 0 Å². The fourth-order valence-corrected chi connectivity index (χ4v) is 2.68. The number of carboxylic acids is 1. The van der Waals surface area contributed by atoms with Gasteiger partial charge in [0.15, 0.2) is 11.5 Å². The molecule has 0 aliphatic carbocycles. The Kier molecular flexibility index (Phi) is 6.28. The quantitative estimate of drug-likeness (QED) is 0.787. The molecule has 1 unspecified atom stereocenters. The maximum atomic E-state index is 11.9. The molecule has 0 saturated carbocycles. The minimum atomic E-state index is -0.897. The fourth-order valence-electron chi connectivity index (χ4n) is 2.68.